The Labute approximate surface area is 151 Å². The third-order valence-electron chi connectivity index (χ3n) is 5.24. The van der Waals surface area contributed by atoms with Gasteiger partial charge in [0.15, 0.2) is 0 Å². The van der Waals surface area contributed by atoms with Crippen LogP contribution in [-0.4, -0.2) is 35.5 Å². The number of likely N-dealkylation sites (tertiary alicyclic amines) is 1. The number of fused-ring (bicyclic) bond motifs is 1. The van der Waals surface area contributed by atoms with Gasteiger partial charge < -0.3 is 15.5 Å². The van der Waals surface area contributed by atoms with E-state index in [0.29, 0.717) is 31.5 Å². The molecule has 6 heteroatoms. The third kappa shape index (κ3) is 2.71. The molecule has 1 spiro atoms. The highest BCUT2D eigenvalue weighted by atomic mass is 19.1. The van der Waals surface area contributed by atoms with E-state index in [2.05, 4.69) is 10.6 Å². The second-order valence-corrected chi connectivity index (χ2v) is 6.93. The Hall–Kier alpha value is -2.89. The molecule has 2 aliphatic rings. The van der Waals surface area contributed by atoms with Crippen LogP contribution in [0.5, 0.6) is 0 Å². The second-order valence-electron chi connectivity index (χ2n) is 6.93. The standard InChI is InChI=1S/C20H20FN3O2/c1-13-5-4-7-15-17(13)22-20(23-18(15)25)9-11-24(12-10-20)19(26)14-6-2-3-8-16(14)21/h2-8,22H,9-12H2,1H3,(H,23,25). The van der Waals surface area contributed by atoms with Crippen molar-refractivity contribution in [2.24, 2.45) is 0 Å². The molecule has 0 saturated carbocycles. The van der Waals surface area contributed by atoms with Crippen molar-refractivity contribution in [2.75, 3.05) is 18.4 Å². The molecule has 2 heterocycles. The number of nitrogens with zero attached hydrogens (tertiary/aromatic N) is 1. The van der Waals surface area contributed by atoms with Gasteiger partial charge in [-0.1, -0.05) is 24.3 Å². The van der Waals surface area contributed by atoms with Crippen LogP contribution in [0.25, 0.3) is 0 Å². The number of hydrogen-bond acceptors (Lipinski definition) is 3. The van der Waals surface area contributed by atoms with Crippen molar-refractivity contribution >= 4 is 17.5 Å². The van der Waals surface area contributed by atoms with Crippen LogP contribution in [0, 0.1) is 12.7 Å². The topological polar surface area (TPSA) is 61.4 Å². The molecule has 2 aliphatic heterocycles. The molecule has 2 N–H and O–H groups in total. The molecule has 134 valence electrons. The van der Waals surface area contributed by atoms with Crippen LogP contribution in [0.2, 0.25) is 0 Å². The fourth-order valence-corrected chi connectivity index (χ4v) is 3.72. The molecule has 0 unspecified atom stereocenters. The van der Waals surface area contributed by atoms with E-state index in [0.717, 1.165) is 11.3 Å². The van der Waals surface area contributed by atoms with E-state index in [4.69, 9.17) is 0 Å². The zero-order valence-electron chi connectivity index (χ0n) is 14.5. The minimum atomic E-state index is -0.567. The quantitative estimate of drug-likeness (QED) is 0.829. The summed E-state index contributed by atoms with van der Waals surface area (Å²) in [5.74, 6) is -0.917. The molecule has 2 amide bonds. The van der Waals surface area contributed by atoms with Gasteiger partial charge in [-0.25, -0.2) is 4.39 Å². The number of nitrogens with one attached hydrogen (secondary N) is 2. The lowest BCUT2D eigenvalue weighted by Gasteiger charge is -2.46. The Morgan fingerprint density at radius 2 is 1.81 bits per heavy atom. The van der Waals surface area contributed by atoms with Gasteiger partial charge in [0.05, 0.1) is 16.8 Å². The number of aryl methyl sites for hydroxylation is 1. The molecule has 4 rings (SSSR count). The van der Waals surface area contributed by atoms with E-state index in [1.807, 2.05) is 19.1 Å². The van der Waals surface area contributed by atoms with Gasteiger partial charge in [0.2, 0.25) is 0 Å². The van der Waals surface area contributed by atoms with Crippen LogP contribution >= 0.6 is 0 Å². The molecule has 0 bridgehead atoms. The van der Waals surface area contributed by atoms with Crippen LogP contribution in [-0.2, 0) is 0 Å². The maximum absolute atomic E-state index is 13.9. The average Bonchev–Trinajstić information content (AvgIpc) is 2.63. The van der Waals surface area contributed by atoms with Crippen molar-refractivity contribution in [3.05, 3.63) is 65.0 Å². The summed E-state index contributed by atoms with van der Waals surface area (Å²) in [6, 6.07) is 11.7. The van der Waals surface area contributed by atoms with Crippen LogP contribution in [0.1, 0.15) is 39.1 Å². The summed E-state index contributed by atoms with van der Waals surface area (Å²) in [6.07, 6.45) is 1.12. The molecule has 1 saturated heterocycles. The fourth-order valence-electron chi connectivity index (χ4n) is 3.72. The minimum absolute atomic E-state index is 0.0882. The van der Waals surface area contributed by atoms with Crippen LogP contribution in [0.3, 0.4) is 0 Å². The van der Waals surface area contributed by atoms with E-state index in [9.17, 15) is 14.0 Å². The van der Waals surface area contributed by atoms with Gasteiger partial charge in [0.25, 0.3) is 11.8 Å². The Balaban J connectivity index is 1.52. The molecular formula is C20H20FN3O2. The number of benzene rings is 2. The zero-order chi connectivity index (χ0) is 18.3. The SMILES string of the molecule is Cc1cccc2c1NC1(CCN(C(=O)c3ccccc3F)CC1)NC2=O. The molecule has 26 heavy (non-hydrogen) atoms. The highest BCUT2D eigenvalue weighted by Crippen LogP contribution is 2.33. The van der Waals surface area contributed by atoms with E-state index in [1.54, 1.807) is 23.1 Å². The Morgan fingerprint density at radius 1 is 1.08 bits per heavy atom. The van der Waals surface area contributed by atoms with E-state index < -0.39 is 11.5 Å². The summed E-state index contributed by atoms with van der Waals surface area (Å²) < 4.78 is 13.9. The summed E-state index contributed by atoms with van der Waals surface area (Å²) in [6.45, 7) is 2.86. The van der Waals surface area contributed by atoms with Crippen molar-refractivity contribution < 1.29 is 14.0 Å². The maximum atomic E-state index is 13.9. The lowest BCUT2D eigenvalue weighted by Crippen LogP contribution is -2.62. The smallest absolute Gasteiger partial charge is 0.256 e. The monoisotopic (exact) mass is 353 g/mol. The summed E-state index contributed by atoms with van der Waals surface area (Å²) >= 11 is 0. The largest absolute Gasteiger partial charge is 0.362 e. The van der Waals surface area contributed by atoms with Crippen LogP contribution < -0.4 is 10.6 Å². The van der Waals surface area contributed by atoms with Gasteiger partial charge in [-0.15, -0.1) is 0 Å². The number of carbonyl (C=O) groups excluding carboxylic acids is 2. The second kappa shape index (κ2) is 6.12. The van der Waals surface area contributed by atoms with Crippen LogP contribution in [0.15, 0.2) is 42.5 Å². The van der Waals surface area contributed by atoms with Gasteiger partial charge >= 0.3 is 0 Å². The molecule has 0 atom stereocenters. The summed E-state index contributed by atoms with van der Waals surface area (Å²) in [7, 11) is 0. The Morgan fingerprint density at radius 3 is 2.54 bits per heavy atom. The van der Waals surface area contributed by atoms with Crippen molar-refractivity contribution in [1.29, 1.82) is 0 Å². The number of carbonyl (C=O) groups is 2. The number of rotatable bonds is 1. The molecule has 2 aromatic carbocycles. The van der Waals surface area contributed by atoms with Gasteiger partial charge in [-0.2, -0.15) is 0 Å². The Kier molecular flexibility index (Phi) is 3.90. The van der Waals surface area contributed by atoms with Gasteiger partial charge in [-0.3, -0.25) is 9.59 Å². The van der Waals surface area contributed by atoms with Gasteiger partial charge in [0.1, 0.15) is 11.5 Å². The first-order valence-corrected chi connectivity index (χ1v) is 8.73. The van der Waals surface area contributed by atoms with Crippen LogP contribution in [0.4, 0.5) is 10.1 Å². The van der Waals surface area contributed by atoms with Crippen molar-refractivity contribution in [3.63, 3.8) is 0 Å². The lowest BCUT2D eigenvalue weighted by molar-refractivity contribution is 0.0635. The predicted octanol–water partition coefficient (Wildman–Crippen LogP) is 2.92. The number of hydrogen-bond donors (Lipinski definition) is 2. The first-order chi connectivity index (χ1) is 12.5. The fraction of sp³-hybridized carbons (Fsp3) is 0.300. The molecule has 0 radical (unpaired) electrons. The predicted molar refractivity (Wildman–Crippen MR) is 96.5 cm³/mol. The normalized spacial score (nSPS) is 18.1. The van der Waals surface area contributed by atoms with E-state index in [-0.39, 0.29) is 17.4 Å². The summed E-state index contributed by atoms with van der Waals surface area (Å²) in [5.41, 5.74) is 2.03. The van der Waals surface area contributed by atoms with Gasteiger partial charge in [-0.05, 0) is 30.7 Å². The highest BCUT2D eigenvalue weighted by molar-refractivity contribution is 6.03. The van der Waals surface area contributed by atoms with Crippen molar-refractivity contribution in [3.8, 4) is 0 Å². The van der Waals surface area contributed by atoms with E-state index >= 15 is 0 Å². The minimum Gasteiger partial charge on any atom is -0.362 e. The molecule has 1 fully saturated rings. The third-order valence-corrected chi connectivity index (χ3v) is 5.24. The number of anilines is 1. The summed E-state index contributed by atoms with van der Waals surface area (Å²) in [4.78, 5) is 26.7. The first-order valence-electron chi connectivity index (χ1n) is 8.73. The zero-order valence-corrected chi connectivity index (χ0v) is 14.5. The number of halogens is 1. The Bertz CT molecular complexity index is 888. The average molecular weight is 353 g/mol. The van der Waals surface area contributed by atoms with Crippen molar-refractivity contribution in [2.45, 2.75) is 25.4 Å². The molecule has 5 nitrogen and oxygen atoms in total. The number of para-hydroxylation sites is 1. The number of piperidine rings is 1. The number of amides is 2. The molecule has 0 aliphatic carbocycles. The summed E-state index contributed by atoms with van der Waals surface area (Å²) in [5, 5.41) is 6.54. The maximum Gasteiger partial charge on any atom is 0.256 e. The van der Waals surface area contributed by atoms with Gasteiger partial charge in [0, 0.05) is 25.9 Å². The molecule has 2 aromatic rings. The van der Waals surface area contributed by atoms with Crippen molar-refractivity contribution in [1.82, 2.24) is 10.2 Å². The molecule has 0 aromatic heterocycles. The highest BCUT2D eigenvalue weighted by Gasteiger charge is 2.41. The lowest BCUT2D eigenvalue weighted by atomic mass is 9.91. The first kappa shape index (κ1) is 16.6. The van der Waals surface area contributed by atoms with E-state index in [1.165, 1.54) is 12.1 Å². The molecular weight excluding hydrogens is 333 g/mol.